The third-order valence-electron chi connectivity index (χ3n) is 4.19. The van der Waals surface area contributed by atoms with Gasteiger partial charge in [0.2, 0.25) is 10.0 Å². The third kappa shape index (κ3) is 3.61. The van der Waals surface area contributed by atoms with Crippen LogP contribution in [-0.4, -0.2) is 37.5 Å². The molecule has 0 aliphatic heterocycles. The molecule has 0 fully saturated rings. The van der Waals surface area contributed by atoms with Gasteiger partial charge in [0.1, 0.15) is 10.6 Å². The lowest BCUT2D eigenvalue weighted by Gasteiger charge is -2.08. The Kier molecular flexibility index (Phi) is 5.06. The smallest absolute Gasteiger partial charge is 0.267 e. The van der Waals surface area contributed by atoms with Crippen LogP contribution in [0.1, 0.15) is 16.1 Å². The number of rotatable bonds is 6. The molecule has 0 saturated carbocycles. The molecule has 2 aromatic heterocycles. The number of carbonyl (C=O) groups excluding carboxylic acids is 1. The first-order chi connectivity index (χ1) is 12.4. The standard InChI is InChI=1S/C18H20N4O3S/c1-19-26(24,25)15-11-16(22(2)12-15)18(23)21-10-8-14-6-3-5-13-7-4-9-20-17(13)14/h3-7,9,11-12,19H,8,10H2,1-2H3,(H,21,23). The Morgan fingerprint density at radius 2 is 2.00 bits per heavy atom. The van der Waals surface area contributed by atoms with Crippen molar-refractivity contribution in [3.05, 3.63) is 60.0 Å². The van der Waals surface area contributed by atoms with Gasteiger partial charge in [0.15, 0.2) is 0 Å². The first-order valence-corrected chi connectivity index (χ1v) is 9.61. The minimum absolute atomic E-state index is 0.0610. The zero-order chi connectivity index (χ0) is 18.7. The van der Waals surface area contributed by atoms with Gasteiger partial charge < -0.3 is 9.88 Å². The summed E-state index contributed by atoms with van der Waals surface area (Å²) in [5, 5.41) is 3.89. The number of nitrogens with one attached hydrogen (secondary N) is 2. The Bertz CT molecular complexity index is 1050. The van der Waals surface area contributed by atoms with Crippen molar-refractivity contribution in [2.45, 2.75) is 11.3 Å². The molecule has 136 valence electrons. The average molecular weight is 372 g/mol. The predicted octanol–water partition coefficient (Wildman–Crippen LogP) is 1.45. The van der Waals surface area contributed by atoms with Crippen LogP contribution in [0.5, 0.6) is 0 Å². The summed E-state index contributed by atoms with van der Waals surface area (Å²) in [6.07, 6.45) is 3.79. The van der Waals surface area contributed by atoms with E-state index in [1.807, 2.05) is 30.3 Å². The lowest BCUT2D eigenvalue weighted by atomic mass is 10.1. The molecular formula is C18H20N4O3S. The molecule has 3 rings (SSSR count). The van der Waals surface area contributed by atoms with E-state index in [4.69, 9.17) is 0 Å². The fourth-order valence-electron chi connectivity index (χ4n) is 2.80. The SMILES string of the molecule is CNS(=O)(=O)c1cc(C(=O)NCCc2cccc3cccnc23)n(C)c1. The first-order valence-electron chi connectivity index (χ1n) is 8.13. The Hall–Kier alpha value is -2.71. The van der Waals surface area contributed by atoms with E-state index in [1.54, 1.807) is 13.2 Å². The highest BCUT2D eigenvalue weighted by Gasteiger charge is 2.18. The number of para-hydroxylation sites is 1. The van der Waals surface area contributed by atoms with Crippen LogP contribution in [0.3, 0.4) is 0 Å². The number of nitrogens with zero attached hydrogens (tertiary/aromatic N) is 2. The summed E-state index contributed by atoms with van der Waals surface area (Å²) in [6, 6.07) is 11.2. The Balaban J connectivity index is 1.70. The van der Waals surface area contributed by atoms with E-state index in [0.717, 1.165) is 16.5 Å². The maximum Gasteiger partial charge on any atom is 0.267 e. The summed E-state index contributed by atoms with van der Waals surface area (Å²) >= 11 is 0. The van der Waals surface area contributed by atoms with Gasteiger partial charge in [-0.1, -0.05) is 24.3 Å². The molecule has 0 aliphatic carbocycles. The number of pyridine rings is 1. The second kappa shape index (κ2) is 7.27. The van der Waals surface area contributed by atoms with Crippen LogP contribution in [0, 0.1) is 0 Å². The van der Waals surface area contributed by atoms with Crippen LogP contribution in [-0.2, 0) is 23.5 Å². The topological polar surface area (TPSA) is 93.1 Å². The molecule has 0 bridgehead atoms. The van der Waals surface area contributed by atoms with E-state index >= 15 is 0 Å². The maximum absolute atomic E-state index is 12.4. The minimum Gasteiger partial charge on any atom is -0.350 e. The number of hydrogen-bond donors (Lipinski definition) is 2. The van der Waals surface area contributed by atoms with E-state index in [0.29, 0.717) is 13.0 Å². The Morgan fingerprint density at radius 3 is 2.77 bits per heavy atom. The highest BCUT2D eigenvalue weighted by molar-refractivity contribution is 7.89. The Morgan fingerprint density at radius 1 is 1.23 bits per heavy atom. The summed E-state index contributed by atoms with van der Waals surface area (Å²) in [6.45, 7) is 0.424. The molecule has 2 heterocycles. The van der Waals surface area contributed by atoms with Crippen LogP contribution in [0.2, 0.25) is 0 Å². The van der Waals surface area contributed by atoms with Gasteiger partial charge in [-0.05, 0) is 31.2 Å². The lowest BCUT2D eigenvalue weighted by molar-refractivity contribution is 0.0946. The number of sulfonamides is 1. The summed E-state index contributed by atoms with van der Waals surface area (Å²) in [5.41, 5.74) is 2.26. The largest absolute Gasteiger partial charge is 0.350 e. The number of amides is 1. The molecule has 1 aromatic carbocycles. The number of aromatic nitrogens is 2. The van der Waals surface area contributed by atoms with E-state index in [-0.39, 0.29) is 16.5 Å². The number of benzene rings is 1. The van der Waals surface area contributed by atoms with Gasteiger partial charge in [-0.25, -0.2) is 13.1 Å². The fraction of sp³-hybridized carbons (Fsp3) is 0.222. The highest BCUT2D eigenvalue weighted by Crippen LogP contribution is 2.16. The van der Waals surface area contributed by atoms with Crippen LogP contribution in [0.15, 0.2) is 53.7 Å². The molecule has 7 nitrogen and oxygen atoms in total. The second-order valence-corrected chi connectivity index (χ2v) is 7.76. The normalized spacial score (nSPS) is 11.6. The molecule has 0 unspecified atom stereocenters. The van der Waals surface area contributed by atoms with Gasteiger partial charge in [0.25, 0.3) is 5.91 Å². The zero-order valence-corrected chi connectivity index (χ0v) is 15.4. The van der Waals surface area contributed by atoms with Gasteiger partial charge >= 0.3 is 0 Å². The molecule has 0 saturated heterocycles. The third-order valence-corrected chi connectivity index (χ3v) is 5.57. The lowest BCUT2D eigenvalue weighted by Crippen LogP contribution is -2.27. The number of fused-ring (bicyclic) bond motifs is 1. The summed E-state index contributed by atoms with van der Waals surface area (Å²) < 4.78 is 27.4. The van der Waals surface area contributed by atoms with E-state index < -0.39 is 10.0 Å². The first kappa shape index (κ1) is 18.1. The maximum atomic E-state index is 12.4. The summed E-state index contributed by atoms with van der Waals surface area (Å²) in [7, 11) is -0.610. The molecular weight excluding hydrogens is 352 g/mol. The van der Waals surface area contributed by atoms with Crippen molar-refractivity contribution in [3.63, 3.8) is 0 Å². The molecule has 8 heteroatoms. The molecule has 0 aliphatic rings. The van der Waals surface area contributed by atoms with Gasteiger partial charge in [0, 0.05) is 31.4 Å². The minimum atomic E-state index is -3.58. The van der Waals surface area contributed by atoms with Crippen LogP contribution in [0.4, 0.5) is 0 Å². The van der Waals surface area contributed by atoms with Crippen molar-refractivity contribution in [2.75, 3.05) is 13.6 Å². The van der Waals surface area contributed by atoms with Crippen molar-refractivity contribution in [1.29, 1.82) is 0 Å². The highest BCUT2D eigenvalue weighted by atomic mass is 32.2. The van der Waals surface area contributed by atoms with Gasteiger partial charge in [0.05, 0.1) is 5.52 Å². The molecule has 26 heavy (non-hydrogen) atoms. The number of carbonyl (C=O) groups is 1. The van der Waals surface area contributed by atoms with Crippen molar-refractivity contribution in [1.82, 2.24) is 19.6 Å². The molecule has 0 radical (unpaired) electrons. The van der Waals surface area contributed by atoms with Crippen molar-refractivity contribution in [3.8, 4) is 0 Å². The number of hydrogen-bond acceptors (Lipinski definition) is 4. The molecule has 1 amide bonds. The van der Waals surface area contributed by atoms with Crippen LogP contribution >= 0.6 is 0 Å². The summed E-state index contributed by atoms with van der Waals surface area (Å²) in [5.74, 6) is -0.321. The van der Waals surface area contributed by atoms with Crippen LogP contribution < -0.4 is 10.0 Å². The van der Waals surface area contributed by atoms with E-state index in [2.05, 4.69) is 15.0 Å². The average Bonchev–Trinajstić information content (AvgIpc) is 3.04. The van der Waals surface area contributed by atoms with E-state index in [1.165, 1.54) is 23.9 Å². The van der Waals surface area contributed by atoms with Crippen molar-refractivity contribution >= 4 is 26.8 Å². The molecule has 2 N–H and O–H groups in total. The predicted molar refractivity (Wildman–Crippen MR) is 99.4 cm³/mol. The van der Waals surface area contributed by atoms with Gasteiger partial charge in [-0.2, -0.15) is 0 Å². The Labute approximate surface area is 152 Å². The quantitative estimate of drug-likeness (QED) is 0.685. The summed E-state index contributed by atoms with van der Waals surface area (Å²) in [4.78, 5) is 16.8. The molecule has 0 spiro atoms. The number of aryl methyl sites for hydroxylation is 1. The monoisotopic (exact) mass is 372 g/mol. The van der Waals surface area contributed by atoms with Crippen molar-refractivity contribution in [2.24, 2.45) is 7.05 Å². The van der Waals surface area contributed by atoms with Crippen molar-refractivity contribution < 1.29 is 13.2 Å². The fourth-order valence-corrected chi connectivity index (χ4v) is 3.59. The van der Waals surface area contributed by atoms with Gasteiger partial charge in [-0.3, -0.25) is 9.78 Å². The van der Waals surface area contributed by atoms with Gasteiger partial charge in [-0.15, -0.1) is 0 Å². The van der Waals surface area contributed by atoms with Crippen LogP contribution in [0.25, 0.3) is 10.9 Å². The molecule has 0 atom stereocenters. The zero-order valence-electron chi connectivity index (χ0n) is 14.6. The van der Waals surface area contributed by atoms with E-state index in [9.17, 15) is 13.2 Å². The second-order valence-electron chi connectivity index (χ2n) is 5.88. The molecule has 3 aromatic rings.